The number of pyridine rings is 1. The average molecular weight is 383 g/mol. The van der Waals surface area contributed by atoms with E-state index in [0.29, 0.717) is 18.7 Å². The predicted octanol–water partition coefficient (Wildman–Crippen LogP) is 4.08. The molecule has 0 bridgehead atoms. The maximum Gasteiger partial charge on any atom is 0.269 e. The zero-order valence-corrected chi connectivity index (χ0v) is 15.2. The van der Waals surface area contributed by atoms with Crippen molar-refractivity contribution in [3.63, 3.8) is 0 Å². The quantitative estimate of drug-likeness (QED) is 0.645. The number of benzene rings is 2. The van der Waals surface area contributed by atoms with Gasteiger partial charge in [-0.15, -0.1) is 0 Å². The minimum Gasteiger partial charge on any atom is -0.497 e. The molecule has 5 nitrogen and oxygen atoms in total. The Kier molecular flexibility index (Phi) is 6.16. The number of hydrogen-bond acceptors (Lipinski definition) is 4. The lowest BCUT2D eigenvalue weighted by molar-refractivity contribution is 0.0949. The Morgan fingerprint density at radius 3 is 2.75 bits per heavy atom. The van der Waals surface area contributed by atoms with Crippen molar-refractivity contribution >= 4 is 17.3 Å². The second-order valence-electron chi connectivity index (χ2n) is 6.04. The van der Waals surface area contributed by atoms with Crippen LogP contribution in [0.3, 0.4) is 0 Å². The molecule has 1 heterocycles. The summed E-state index contributed by atoms with van der Waals surface area (Å²) >= 11 is 0. The molecular weight excluding hydrogens is 364 g/mol. The summed E-state index contributed by atoms with van der Waals surface area (Å²) in [6.07, 6.45) is 2.09. The van der Waals surface area contributed by atoms with E-state index in [-0.39, 0.29) is 17.3 Å². The van der Waals surface area contributed by atoms with E-state index in [4.69, 9.17) is 4.74 Å². The van der Waals surface area contributed by atoms with Gasteiger partial charge in [-0.25, -0.2) is 8.78 Å². The molecule has 0 aliphatic carbocycles. The van der Waals surface area contributed by atoms with Gasteiger partial charge in [0.2, 0.25) is 0 Å². The fourth-order valence-electron chi connectivity index (χ4n) is 2.62. The first kappa shape index (κ1) is 19.3. The fourth-order valence-corrected chi connectivity index (χ4v) is 2.62. The molecule has 0 saturated carbocycles. The van der Waals surface area contributed by atoms with Crippen molar-refractivity contribution in [1.82, 2.24) is 10.3 Å². The lowest BCUT2D eigenvalue weighted by Crippen LogP contribution is -2.26. The van der Waals surface area contributed by atoms with Gasteiger partial charge in [-0.3, -0.25) is 9.78 Å². The molecule has 2 N–H and O–H groups in total. The first-order valence-corrected chi connectivity index (χ1v) is 8.64. The third-order valence-electron chi connectivity index (χ3n) is 4.04. The van der Waals surface area contributed by atoms with Crippen molar-refractivity contribution in [2.75, 3.05) is 19.0 Å². The van der Waals surface area contributed by atoms with Crippen LogP contribution in [0.2, 0.25) is 0 Å². The molecule has 0 spiro atoms. The van der Waals surface area contributed by atoms with Gasteiger partial charge in [-0.1, -0.05) is 12.1 Å². The second-order valence-corrected chi connectivity index (χ2v) is 6.04. The molecule has 3 rings (SSSR count). The number of halogens is 2. The number of nitrogens with zero attached hydrogens (tertiary/aromatic N) is 1. The average Bonchev–Trinajstić information content (AvgIpc) is 2.70. The van der Waals surface area contributed by atoms with E-state index < -0.39 is 11.6 Å². The minimum atomic E-state index is -0.721. The van der Waals surface area contributed by atoms with E-state index in [1.165, 1.54) is 18.3 Å². The highest BCUT2D eigenvalue weighted by Gasteiger charge is 2.09. The molecule has 0 aliphatic heterocycles. The smallest absolute Gasteiger partial charge is 0.269 e. The number of carbonyl (C=O) groups excluding carboxylic acids is 1. The van der Waals surface area contributed by atoms with Crippen LogP contribution in [0.1, 0.15) is 16.1 Å². The zero-order valence-electron chi connectivity index (χ0n) is 15.2. The highest BCUT2D eigenvalue weighted by atomic mass is 19.1. The monoisotopic (exact) mass is 383 g/mol. The molecule has 0 atom stereocenters. The van der Waals surface area contributed by atoms with Gasteiger partial charge in [0.05, 0.1) is 12.8 Å². The van der Waals surface area contributed by atoms with Crippen molar-refractivity contribution < 1.29 is 18.3 Å². The van der Waals surface area contributed by atoms with Crippen LogP contribution in [0.4, 0.5) is 20.2 Å². The van der Waals surface area contributed by atoms with Gasteiger partial charge in [0.25, 0.3) is 5.91 Å². The molecule has 0 aliphatic rings. The van der Waals surface area contributed by atoms with E-state index in [1.807, 2.05) is 24.3 Å². The molecule has 0 saturated heterocycles. The number of anilines is 2. The van der Waals surface area contributed by atoms with E-state index in [1.54, 1.807) is 13.2 Å². The Labute approximate surface area is 161 Å². The van der Waals surface area contributed by atoms with Crippen LogP contribution in [-0.2, 0) is 6.42 Å². The van der Waals surface area contributed by atoms with Gasteiger partial charge in [-0.05, 0) is 48.4 Å². The van der Waals surface area contributed by atoms with Crippen LogP contribution in [0, 0.1) is 11.6 Å². The van der Waals surface area contributed by atoms with Gasteiger partial charge >= 0.3 is 0 Å². The summed E-state index contributed by atoms with van der Waals surface area (Å²) in [5, 5.41) is 5.61. The van der Waals surface area contributed by atoms with Crippen LogP contribution in [0.15, 0.2) is 60.8 Å². The topological polar surface area (TPSA) is 63.2 Å². The van der Waals surface area contributed by atoms with Crippen molar-refractivity contribution in [2.24, 2.45) is 0 Å². The summed E-state index contributed by atoms with van der Waals surface area (Å²) in [5.41, 5.74) is 1.81. The third-order valence-corrected chi connectivity index (χ3v) is 4.04. The molecule has 0 fully saturated rings. The van der Waals surface area contributed by atoms with Crippen LogP contribution in [-0.4, -0.2) is 24.5 Å². The maximum absolute atomic E-state index is 13.8. The molecule has 0 radical (unpaired) electrons. The molecule has 3 aromatic rings. The molecular formula is C21H19F2N3O2. The maximum atomic E-state index is 13.8. The normalized spacial score (nSPS) is 10.4. The molecule has 1 amide bonds. The summed E-state index contributed by atoms with van der Waals surface area (Å²) in [5.74, 6) is -0.960. The van der Waals surface area contributed by atoms with Gasteiger partial charge in [0.1, 0.15) is 23.1 Å². The van der Waals surface area contributed by atoms with Gasteiger partial charge in [-0.2, -0.15) is 0 Å². The SMILES string of the molecule is COc1cccc(CCNC(=O)c2cc(Nc3ccc(F)cc3F)ccn2)c1. The second kappa shape index (κ2) is 8.94. The van der Waals surface area contributed by atoms with Crippen LogP contribution in [0.25, 0.3) is 0 Å². The third kappa shape index (κ3) is 5.03. The summed E-state index contributed by atoms with van der Waals surface area (Å²) in [6.45, 7) is 0.428. The molecule has 2 aromatic carbocycles. The molecule has 144 valence electrons. The van der Waals surface area contributed by atoms with Gasteiger partial charge in [0, 0.05) is 24.5 Å². The summed E-state index contributed by atoms with van der Waals surface area (Å²) in [6, 6.07) is 13.9. The van der Waals surface area contributed by atoms with Crippen LogP contribution < -0.4 is 15.4 Å². The van der Waals surface area contributed by atoms with Gasteiger partial charge in [0.15, 0.2) is 0 Å². The number of rotatable bonds is 7. The molecule has 7 heteroatoms. The lowest BCUT2D eigenvalue weighted by Gasteiger charge is -2.10. The number of nitrogens with one attached hydrogen (secondary N) is 2. The largest absolute Gasteiger partial charge is 0.497 e. The van der Waals surface area contributed by atoms with E-state index in [0.717, 1.165) is 23.4 Å². The number of amides is 1. The Hall–Kier alpha value is -3.48. The standard InChI is InChI=1S/C21H19F2N3O2/c1-28-17-4-2-3-14(11-17)7-9-25-21(27)20-13-16(8-10-24-20)26-19-6-5-15(22)12-18(19)23/h2-6,8,10-13H,7,9H2,1H3,(H,24,26)(H,25,27). The van der Waals surface area contributed by atoms with Crippen molar-refractivity contribution in [3.8, 4) is 5.75 Å². The van der Waals surface area contributed by atoms with Crippen molar-refractivity contribution in [2.45, 2.75) is 6.42 Å². The van der Waals surface area contributed by atoms with Crippen LogP contribution >= 0.6 is 0 Å². The Morgan fingerprint density at radius 2 is 1.96 bits per heavy atom. The van der Waals surface area contributed by atoms with E-state index in [2.05, 4.69) is 15.6 Å². The van der Waals surface area contributed by atoms with Crippen molar-refractivity contribution in [1.29, 1.82) is 0 Å². The Morgan fingerprint density at radius 1 is 1.11 bits per heavy atom. The zero-order chi connectivity index (χ0) is 19.9. The first-order chi connectivity index (χ1) is 13.5. The molecule has 0 unspecified atom stereocenters. The minimum absolute atomic E-state index is 0.108. The van der Waals surface area contributed by atoms with E-state index in [9.17, 15) is 13.6 Å². The Bertz CT molecular complexity index is 979. The van der Waals surface area contributed by atoms with E-state index >= 15 is 0 Å². The fraction of sp³-hybridized carbons (Fsp3) is 0.143. The number of carbonyl (C=O) groups is 1. The predicted molar refractivity (Wildman–Crippen MR) is 103 cm³/mol. The molecule has 1 aromatic heterocycles. The van der Waals surface area contributed by atoms with Crippen LogP contribution in [0.5, 0.6) is 5.75 Å². The summed E-state index contributed by atoms with van der Waals surface area (Å²) in [4.78, 5) is 16.4. The van der Waals surface area contributed by atoms with Gasteiger partial charge < -0.3 is 15.4 Å². The Balaban J connectivity index is 1.60. The first-order valence-electron chi connectivity index (χ1n) is 8.64. The number of aromatic nitrogens is 1. The number of hydrogen-bond donors (Lipinski definition) is 2. The number of methoxy groups -OCH3 is 1. The summed E-state index contributed by atoms with van der Waals surface area (Å²) in [7, 11) is 1.60. The van der Waals surface area contributed by atoms with Crippen molar-refractivity contribution in [3.05, 3.63) is 83.7 Å². The number of ether oxygens (including phenoxy) is 1. The molecule has 28 heavy (non-hydrogen) atoms. The summed E-state index contributed by atoms with van der Waals surface area (Å²) < 4.78 is 31.9. The highest BCUT2D eigenvalue weighted by molar-refractivity contribution is 5.93. The lowest BCUT2D eigenvalue weighted by atomic mass is 10.1. The highest BCUT2D eigenvalue weighted by Crippen LogP contribution is 2.21.